The molecule has 0 saturated carbocycles. The highest BCUT2D eigenvalue weighted by Crippen LogP contribution is 2.50. The summed E-state index contributed by atoms with van der Waals surface area (Å²) in [6.07, 6.45) is 1.55. The van der Waals surface area contributed by atoms with Crippen LogP contribution in [0.2, 0.25) is 0 Å². The van der Waals surface area contributed by atoms with Gasteiger partial charge >= 0.3 is 28.0 Å². The van der Waals surface area contributed by atoms with E-state index in [0.29, 0.717) is 52.1 Å². The second kappa shape index (κ2) is 15.6. The molecule has 1 fully saturated rings. The average molecular weight is 525 g/mol. The molecule has 0 aromatic carbocycles. The van der Waals surface area contributed by atoms with E-state index in [2.05, 4.69) is 16.0 Å². The number of carbonyl (C=O) groups is 3. The van der Waals surface area contributed by atoms with Crippen LogP contribution < -0.4 is 16.0 Å². The Balaban J connectivity index is 2.49. The van der Waals surface area contributed by atoms with Gasteiger partial charge in [-0.2, -0.15) is 0 Å². The number of hydrogen-bond acceptors (Lipinski definition) is 8. The molecule has 5 N–H and O–H groups in total. The van der Waals surface area contributed by atoms with Crippen LogP contribution in [0.5, 0.6) is 0 Å². The second-order valence-electron chi connectivity index (χ2n) is 8.43. The average Bonchev–Trinajstić information content (AvgIpc) is 2.70. The Bertz CT molecular complexity index is 730. The molecule has 194 valence electrons. The van der Waals surface area contributed by atoms with Gasteiger partial charge in [-0.3, -0.25) is 23.8 Å². The maximum absolute atomic E-state index is 12.0. The van der Waals surface area contributed by atoms with Crippen molar-refractivity contribution < 1.29 is 42.6 Å². The second-order valence-corrected chi connectivity index (χ2v) is 12.1. The van der Waals surface area contributed by atoms with E-state index in [-0.39, 0.29) is 30.7 Å². The van der Waals surface area contributed by atoms with Crippen molar-refractivity contribution in [2.45, 2.75) is 44.6 Å². The quantitative estimate of drug-likeness (QED) is 0.112. The van der Waals surface area contributed by atoms with Crippen LogP contribution in [-0.4, -0.2) is 97.6 Å². The largest absolute Gasteiger partial charge is 0.480 e. The minimum absolute atomic E-state index is 0.0256. The number of amides is 3. The summed E-state index contributed by atoms with van der Waals surface area (Å²) < 4.78 is 34.6. The smallest absolute Gasteiger partial charge is 0.408 e. The van der Waals surface area contributed by atoms with E-state index < -0.39 is 33.9 Å². The lowest BCUT2D eigenvalue weighted by Crippen LogP contribution is -2.53. The molecule has 1 saturated heterocycles. The highest BCUT2D eigenvalue weighted by atomic mass is 31.2. The SMILES string of the molecule is CC(C)C[C@@H](NC(=O)CNC=O)B1OCCN(CCCC(=O)NC([P+](C)=O)P(=O)(O)O)CCO1. The van der Waals surface area contributed by atoms with Crippen LogP contribution in [0.3, 0.4) is 0 Å². The van der Waals surface area contributed by atoms with Crippen LogP contribution in [0.1, 0.15) is 33.1 Å². The van der Waals surface area contributed by atoms with Gasteiger partial charge in [-0.25, -0.2) is 0 Å². The Morgan fingerprint density at radius 2 is 1.79 bits per heavy atom. The normalized spacial score (nSPS) is 17.8. The zero-order valence-corrected chi connectivity index (χ0v) is 21.6. The molecule has 3 atom stereocenters. The van der Waals surface area contributed by atoms with Gasteiger partial charge in [-0.05, 0) is 25.3 Å². The molecule has 3 amide bonds. The van der Waals surface area contributed by atoms with Gasteiger partial charge < -0.3 is 35.0 Å². The monoisotopic (exact) mass is 525 g/mol. The van der Waals surface area contributed by atoms with Crippen LogP contribution in [0.4, 0.5) is 0 Å². The number of carbonyl (C=O) groups excluding carboxylic acids is 3. The first kappa shape index (κ1) is 30.6. The Morgan fingerprint density at radius 1 is 1.18 bits per heavy atom. The fourth-order valence-electron chi connectivity index (χ4n) is 3.42. The molecule has 0 bridgehead atoms. The van der Waals surface area contributed by atoms with Crippen molar-refractivity contribution in [1.29, 1.82) is 0 Å². The van der Waals surface area contributed by atoms with Gasteiger partial charge in [0.25, 0.3) is 0 Å². The number of nitrogens with one attached hydrogen (secondary N) is 3. The third-order valence-electron chi connectivity index (χ3n) is 4.96. The van der Waals surface area contributed by atoms with Crippen LogP contribution >= 0.6 is 15.4 Å². The van der Waals surface area contributed by atoms with Crippen molar-refractivity contribution in [3.05, 3.63) is 0 Å². The first-order valence-electron chi connectivity index (χ1n) is 11.1. The maximum atomic E-state index is 12.0. The van der Waals surface area contributed by atoms with Crippen molar-refractivity contribution in [1.82, 2.24) is 20.9 Å². The van der Waals surface area contributed by atoms with E-state index in [1.807, 2.05) is 18.7 Å². The van der Waals surface area contributed by atoms with Crippen molar-refractivity contribution in [2.75, 3.05) is 46.1 Å². The first-order chi connectivity index (χ1) is 15.9. The first-order valence-corrected chi connectivity index (χ1v) is 14.6. The molecule has 1 aliphatic heterocycles. The van der Waals surface area contributed by atoms with Crippen molar-refractivity contribution in [3.63, 3.8) is 0 Å². The predicted molar refractivity (Wildman–Crippen MR) is 126 cm³/mol. The van der Waals surface area contributed by atoms with E-state index in [1.165, 1.54) is 0 Å². The van der Waals surface area contributed by atoms with Crippen molar-refractivity contribution >= 4 is 40.7 Å². The highest BCUT2D eigenvalue weighted by molar-refractivity contribution is 7.67. The van der Waals surface area contributed by atoms with E-state index in [9.17, 15) is 33.3 Å². The molecule has 0 radical (unpaired) electrons. The molecule has 1 rings (SSSR count). The number of nitrogens with zero attached hydrogens (tertiary/aromatic N) is 1. The zero-order valence-electron chi connectivity index (χ0n) is 19.8. The van der Waals surface area contributed by atoms with E-state index in [4.69, 9.17) is 9.31 Å². The molecule has 1 heterocycles. The van der Waals surface area contributed by atoms with Gasteiger partial charge in [0.05, 0.1) is 12.5 Å². The summed E-state index contributed by atoms with van der Waals surface area (Å²) in [4.78, 5) is 54.9. The number of hydrogen-bond donors (Lipinski definition) is 5. The van der Waals surface area contributed by atoms with Crippen LogP contribution in [0, 0.1) is 5.92 Å². The molecule has 0 aromatic heterocycles. The fourth-order valence-corrected chi connectivity index (χ4v) is 5.75. The van der Waals surface area contributed by atoms with Gasteiger partial charge in [-0.1, -0.05) is 18.4 Å². The van der Waals surface area contributed by atoms with Gasteiger partial charge in [0, 0.05) is 32.7 Å². The molecular formula is C18H36BN4O9P2+. The molecule has 16 heteroatoms. The van der Waals surface area contributed by atoms with Gasteiger partial charge in [-0.15, -0.1) is 0 Å². The predicted octanol–water partition coefficient (Wildman–Crippen LogP) is -0.546. The standard InChI is InChI=1S/C18H35BN4O9P2/c1-14(2)11-15(21-17(26)12-20-13-24)19-31-9-7-23(8-10-32-19)6-4-5-16(25)22-18(33(3)27)34(28,29)30/h13-15,18H,4-12H2,1-3H3,(H4-,20,21,22,24,25,26,28,29,30)/p+1/t15-,18?/m1/s1. The zero-order chi connectivity index (χ0) is 25.7. The highest BCUT2D eigenvalue weighted by Gasteiger charge is 2.43. The minimum atomic E-state index is -4.70. The summed E-state index contributed by atoms with van der Waals surface area (Å²) in [7, 11) is -7.60. The van der Waals surface area contributed by atoms with Gasteiger partial charge in [0.1, 0.15) is 6.66 Å². The lowest BCUT2D eigenvalue weighted by atomic mass is 9.73. The molecule has 0 spiro atoms. The summed E-state index contributed by atoms with van der Waals surface area (Å²) in [5, 5.41) is 7.34. The molecular weight excluding hydrogens is 489 g/mol. The number of rotatable bonds is 14. The third-order valence-corrected chi connectivity index (χ3v) is 8.42. The summed E-state index contributed by atoms with van der Waals surface area (Å²) in [5.41, 5.74) is -1.68. The molecule has 34 heavy (non-hydrogen) atoms. The lowest BCUT2D eigenvalue weighted by molar-refractivity contribution is -0.122. The Morgan fingerprint density at radius 3 is 2.29 bits per heavy atom. The minimum Gasteiger partial charge on any atom is -0.408 e. The van der Waals surface area contributed by atoms with Crippen molar-refractivity contribution in [2.24, 2.45) is 5.92 Å². The van der Waals surface area contributed by atoms with Gasteiger partial charge in [0.15, 0.2) is 0 Å². The summed E-state index contributed by atoms with van der Waals surface area (Å²) in [6.45, 7) is 7.42. The van der Waals surface area contributed by atoms with Crippen molar-refractivity contribution in [3.8, 4) is 0 Å². The molecule has 0 aromatic rings. The summed E-state index contributed by atoms with van der Waals surface area (Å²) in [6, 6.07) is 0. The molecule has 13 nitrogen and oxygen atoms in total. The van der Waals surface area contributed by atoms with E-state index in [0.717, 1.165) is 6.66 Å². The van der Waals surface area contributed by atoms with Crippen LogP contribution in [0.15, 0.2) is 0 Å². The van der Waals surface area contributed by atoms with Crippen LogP contribution in [0.25, 0.3) is 0 Å². The van der Waals surface area contributed by atoms with Gasteiger partial charge in [0.2, 0.25) is 18.2 Å². The van der Waals surface area contributed by atoms with E-state index in [1.54, 1.807) is 0 Å². The Kier molecular flexibility index (Phi) is 14.0. The summed E-state index contributed by atoms with van der Waals surface area (Å²) >= 11 is 0. The summed E-state index contributed by atoms with van der Waals surface area (Å²) in [5.74, 6) is -1.00. The topological polar surface area (TPSA) is 184 Å². The maximum Gasteiger partial charge on any atom is 0.480 e. The lowest BCUT2D eigenvalue weighted by Gasteiger charge is -2.31. The van der Waals surface area contributed by atoms with Crippen LogP contribution in [-0.2, 0) is 32.8 Å². The molecule has 0 aliphatic carbocycles. The molecule has 1 aliphatic rings. The Hall–Kier alpha value is -1.40. The third kappa shape index (κ3) is 12.3. The fraction of sp³-hybridized carbons (Fsp3) is 0.833. The van der Waals surface area contributed by atoms with E-state index >= 15 is 0 Å². The molecule has 2 unspecified atom stereocenters. The Labute approximate surface area is 201 Å².